The van der Waals surface area contributed by atoms with Crippen LogP contribution in [0.15, 0.2) is 47.6 Å². The van der Waals surface area contributed by atoms with Crippen LogP contribution in [-0.4, -0.2) is 32.1 Å². The minimum Gasteiger partial charge on any atom is -0.490 e. The maximum Gasteiger partial charge on any atom is 0.277 e. The third-order valence-electron chi connectivity index (χ3n) is 3.31. The molecule has 0 aromatic heterocycles. The first-order valence-corrected chi connectivity index (χ1v) is 7.82. The smallest absolute Gasteiger partial charge is 0.277 e. The van der Waals surface area contributed by atoms with Gasteiger partial charge in [0.1, 0.15) is 0 Å². The van der Waals surface area contributed by atoms with Gasteiger partial charge in [-0.15, -0.1) is 0 Å². The van der Waals surface area contributed by atoms with Gasteiger partial charge in [0.15, 0.2) is 29.6 Å². The molecule has 0 fully saturated rings. The molecule has 7 nitrogen and oxygen atoms in total. The second kappa shape index (κ2) is 8.05. The van der Waals surface area contributed by atoms with Crippen LogP contribution in [0.25, 0.3) is 0 Å². The summed E-state index contributed by atoms with van der Waals surface area (Å²) in [6.07, 6.45) is 1.52. The second-order valence-corrected chi connectivity index (χ2v) is 5.07. The molecule has 1 N–H and O–H groups in total. The molecule has 130 valence electrons. The van der Waals surface area contributed by atoms with Gasteiger partial charge in [-0.2, -0.15) is 5.10 Å². The number of hydrogen-bond acceptors (Lipinski definition) is 6. The summed E-state index contributed by atoms with van der Waals surface area (Å²) in [5.41, 5.74) is 3.20. The lowest BCUT2D eigenvalue weighted by Crippen LogP contribution is -2.24. The molecule has 0 unspecified atom stereocenters. The largest absolute Gasteiger partial charge is 0.490 e. The zero-order valence-electron chi connectivity index (χ0n) is 13.7. The summed E-state index contributed by atoms with van der Waals surface area (Å²) < 4.78 is 21.4. The van der Waals surface area contributed by atoms with Gasteiger partial charge in [-0.25, -0.2) is 5.43 Å². The van der Waals surface area contributed by atoms with E-state index >= 15 is 0 Å². The number of amides is 1. The molecule has 0 aliphatic carbocycles. The van der Waals surface area contributed by atoms with E-state index in [1.165, 1.54) is 6.21 Å². The Labute approximate surface area is 145 Å². The maximum atomic E-state index is 11.8. The normalized spacial score (nSPS) is 12.2. The van der Waals surface area contributed by atoms with E-state index < -0.39 is 0 Å². The van der Waals surface area contributed by atoms with E-state index in [1.807, 2.05) is 25.1 Å². The highest BCUT2D eigenvalue weighted by Crippen LogP contribution is 2.32. The number of rotatable bonds is 7. The van der Waals surface area contributed by atoms with Crippen molar-refractivity contribution in [2.75, 3.05) is 20.0 Å². The minimum absolute atomic E-state index is 0.164. The van der Waals surface area contributed by atoms with Gasteiger partial charge in [0.25, 0.3) is 5.91 Å². The molecule has 1 aliphatic rings. The summed E-state index contributed by atoms with van der Waals surface area (Å²) in [6, 6.07) is 12.6. The van der Waals surface area contributed by atoms with Gasteiger partial charge in [0.2, 0.25) is 6.79 Å². The van der Waals surface area contributed by atoms with Crippen LogP contribution in [0, 0.1) is 0 Å². The molecule has 2 aromatic carbocycles. The summed E-state index contributed by atoms with van der Waals surface area (Å²) in [6.45, 7) is 2.45. The highest BCUT2D eigenvalue weighted by Gasteiger charge is 2.12. The quantitative estimate of drug-likeness (QED) is 0.617. The Kier molecular flexibility index (Phi) is 5.36. The first kappa shape index (κ1) is 16.6. The molecule has 3 rings (SSSR count). The van der Waals surface area contributed by atoms with Crippen molar-refractivity contribution in [2.45, 2.75) is 6.92 Å². The van der Waals surface area contributed by atoms with Crippen molar-refractivity contribution >= 4 is 12.1 Å². The van der Waals surface area contributed by atoms with Crippen molar-refractivity contribution in [3.05, 3.63) is 48.0 Å². The molecule has 0 spiro atoms. The van der Waals surface area contributed by atoms with Crippen molar-refractivity contribution in [1.82, 2.24) is 5.43 Å². The van der Waals surface area contributed by atoms with Gasteiger partial charge in [0, 0.05) is 0 Å². The van der Waals surface area contributed by atoms with E-state index in [0.29, 0.717) is 29.6 Å². The van der Waals surface area contributed by atoms with Crippen molar-refractivity contribution in [3.63, 3.8) is 0 Å². The number of fused-ring (bicyclic) bond motifs is 1. The van der Waals surface area contributed by atoms with E-state index in [-0.39, 0.29) is 19.3 Å². The number of para-hydroxylation sites is 2. The summed E-state index contributed by atoms with van der Waals surface area (Å²) in [4.78, 5) is 11.8. The molecule has 7 heteroatoms. The highest BCUT2D eigenvalue weighted by atomic mass is 16.7. The Hall–Kier alpha value is -3.22. The lowest BCUT2D eigenvalue weighted by molar-refractivity contribution is -0.123. The molecule has 0 atom stereocenters. The topological polar surface area (TPSA) is 78.4 Å². The predicted octanol–water partition coefficient (Wildman–Crippen LogP) is 2.34. The van der Waals surface area contributed by atoms with Gasteiger partial charge < -0.3 is 18.9 Å². The molecular weight excluding hydrogens is 324 g/mol. The first-order chi connectivity index (χ1) is 12.3. The molecule has 2 aromatic rings. The highest BCUT2D eigenvalue weighted by molar-refractivity contribution is 5.83. The molecule has 1 amide bonds. The van der Waals surface area contributed by atoms with Gasteiger partial charge in [0.05, 0.1) is 12.8 Å². The van der Waals surface area contributed by atoms with Crippen LogP contribution in [0.1, 0.15) is 12.5 Å². The Morgan fingerprint density at radius 2 is 1.92 bits per heavy atom. The third-order valence-corrected chi connectivity index (χ3v) is 3.31. The predicted molar refractivity (Wildman–Crippen MR) is 91.4 cm³/mol. The third kappa shape index (κ3) is 4.41. The number of hydrazone groups is 1. The van der Waals surface area contributed by atoms with Gasteiger partial charge in [-0.3, -0.25) is 4.79 Å². The molecular formula is C18H18N2O5. The summed E-state index contributed by atoms with van der Waals surface area (Å²) in [5, 5.41) is 3.91. The molecule has 0 saturated carbocycles. The van der Waals surface area contributed by atoms with Crippen LogP contribution in [0.5, 0.6) is 23.0 Å². The van der Waals surface area contributed by atoms with E-state index in [2.05, 4.69) is 10.5 Å². The van der Waals surface area contributed by atoms with Crippen molar-refractivity contribution < 1.29 is 23.7 Å². The lowest BCUT2D eigenvalue weighted by atomic mass is 10.2. The fourth-order valence-corrected chi connectivity index (χ4v) is 2.19. The Morgan fingerprint density at radius 1 is 1.16 bits per heavy atom. The van der Waals surface area contributed by atoms with E-state index in [0.717, 1.165) is 5.56 Å². The number of carbonyl (C=O) groups excluding carboxylic acids is 1. The minimum atomic E-state index is -0.372. The van der Waals surface area contributed by atoms with Crippen LogP contribution in [0.3, 0.4) is 0 Å². The number of benzene rings is 2. The summed E-state index contributed by atoms with van der Waals surface area (Å²) in [7, 11) is 0. The van der Waals surface area contributed by atoms with E-state index in [9.17, 15) is 4.79 Å². The van der Waals surface area contributed by atoms with Crippen molar-refractivity contribution in [2.24, 2.45) is 5.10 Å². The van der Waals surface area contributed by atoms with Crippen LogP contribution in [-0.2, 0) is 4.79 Å². The molecule has 1 heterocycles. The first-order valence-electron chi connectivity index (χ1n) is 7.82. The summed E-state index contributed by atoms with van der Waals surface area (Å²) >= 11 is 0. The lowest BCUT2D eigenvalue weighted by Gasteiger charge is -2.10. The average Bonchev–Trinajstić information content (AvgIpc) is 3.09. The number of ether oxygens (including phenoxy) is 4. The molecule has 0 saturated heterocycles. The zero-order valence-corrected chi connectivity index (χ0v) is 13.7. The average molecular weight is 342 g/mol. The maximum absolute atomic E-state index is 11.8. The van der Waals surface area contributed by atoms with Crippen LogP contribution in [0.2, 0.25) is 0 Å². The van der Waals surface area contributed by atoms with Crippen LogP contribution >= 0.6 is 0 Å². The molecule has 0 radical (unpaired) electrons. The number of nitrogens with one attached hydrogen (secondary N) is 1. The fourth-order valence-electron chi connectivity index (χ4n) is 2.19. The number of nitrogens with zero attached hydrogens (tertiary/aromatic N) is 1. The monoisotopic (exact) mass is 342 g/mol. The van der Waals surface area contributed by atoms with Crippen molar-refractivity contribution in [1.29, 1.82) is 0 Å². The standard InChI is InChI=1S/C18H18N2O5/c1-2-22-14-5-3-4-6-15(14)23-11-18(21)20-19-10-13-7-8-16-17(9-13)25-12-24-16/h3-10H,2,11-12H2,1H3,(H,20,21). The number of carbonyl (C=O) groups is 1. The van der Waals surface area contributed by atoms with Gasteiger partial charge >= 0.3 is 0 Å². The van der Waals surface area contributed by atoms with Crippen molar-refractivity contribution in [3.8, 4) is 23.0 Å². The van der Waals surface area contributed by atoms with E-state index in [4.69, 9.17) is 18.9 Å². The van der Waals surface area contributed by atoms with Crippen LogP contribution in [0.4, 0.5) is 0 Å². The van der Waals surface area contributed by atoms with Gasteiger partial charge in [-0.1, -0.05) is 12.1 Å². The summed E-state index contributed by atoms with van der Waals surface area (Å²) in [5.74, 6) is 2.10. The van der Waals surface area contributed by atoms with Gasteiger partial charge in [-0.05, 0) is 42.8 Å². The molecule has 1 aliphatic heterocycles. The second-order valence-electron chi connectivity index (χ2n) is 5.07. The zero-order chi connectivity index (χ0) is 17.5. The Bertz CT molecular complexity index is 776. The van der Waals surface area contributed by atoms with E-state index in [1.54, 1.807) is 24.3 Å². The Balaban J connectivity index is 1.50. The molecule has 0 bridgehead atoms. The molecule has 25 heavy (non-hydrogen) atoms. The SMILES string of the molecule is CCOc1ccccc1OCC(=O)NN=Cc1ccc2c(c1)OCO2. The van der Waals surface area contributed by atoms with Crippen LogP contribution < -0.4 is 24.4 Å². The number of hydrogen-bond donors (Lipinski definition) is 1. The Morgan fingerprint density at radius 3 is 2.72 bits per heavy atom. The fraction of sp³-hybridized carbons (Fsp3) is 0.222.